The monoisotopic (exact) mass is 281 g/mol. The smallest absolute Gasteiger partial charge is 0.303 e. The summed E-state index contributed by atoms with van der Waals surface area (Å²) in [5.41, 5.74) is -0.259. The summed E-state index contributed by atoms with van der Waals surface area (Å²) in [6, 6.07) is 0. The Hall–Kier alpha value is -1.06. The Balaban J connectivity index is 1.94. The van der Waals surface area contributed by atoms with Crippen LogP contribution in [0.2, 0.25) is 0 Å². The van der Waals surface area contributed by atoms with Crippen LogP contribution in [0.3, 0.4) is 0 Å². The highest BCUT2D eigenvalue weighted by atomic mass is 16.4. The maximum Gasteiger partial charge on any atom is 0.303 e. The second-order valence-corrected chi connectivity index (χ2v) is 6.60. The van der Waals surface area contributed by atoms with Crippen LogP contribution in [-0.4, -0.2) is 35.0 Å². The van der Waals surface area contributed by atoms with Gasteiger partial charge in [-0.1, -0.05) is 32.1 Å². The van der Waals surface area contributed by atoms with Crippen LogP contribution >= 0.6 is 0 Å². The summed E-state index contributed by atoms with van der Waals surface area (Å²) in [5, 5.41) is 9.12. The Morgan fingerprint density at radius 2 is 1.40 bits per heavy atom. The van der Waals surface area contributed by atoms with Gasteiger partial charge in [0.1, 0.15) is 0 Å². The lowest BCUT2D eigenvalue weighted by molar-refractivity contribution is -0.141. The van der Waals surface area contributed by atoms with Crippen molar-refractivity contribution in [3.05, 3.63) is 0 Å². The van der Waals surface area contributed by atoms with Crippen molar-refractivity contribution in [3.8, 4) is 0 Å². The van der Waals surface area contributed by atoms with Gasteiger partial charge < -0.3 is 10.0 Å². The van der Waals surface area contributed by atoms with E-state index < -0.39 is 5.97 Å². The van der Waals surface area contributed by atoms with Crippen LogP contribution in [0.15, 0.2) is 0 Å². The first-order valence-electron chi connectivity index (χ1n) is 8.11. The summed E-state index contributed by atoms with van der Waals surface area (Å²) in [5.74, 6) is -0.567. The van der Waals surface area contributed by atoms with Gasteiger partial charge in [-0.25, -0.2) is 0 Å². The quantitative estimate of drug-likeness (QED) is 0.861. The van der Waals surface area contributed by atoms with Crippen LogP contribution in [-0.2, 0) is 9.59 Å². The average molecular weight is 281 g/mol. The fourth-order valence-corrected chi connectivity index (χ4v) is 3.79. The lowest BCUT2D eigenvalue weighted by Crippen LogP contribution is -2.37. The molecule has 4 heteroatoms. The normalized spacial score (nSPS) is 23.1. The van der Waals surface area contributed by atoms with Crippen molar-refractivity contribution in [1.29, 1.82) is 0 Å². The predicted molar refractivity (Wildman–Crippen MR) is 77.4 cm³/mol. The molecule has 1 saturated heterocycles. The molecule has 1 saturated carbocycles. The van der Waals surface area contributed by atoms with Crippen molar-refractivity contribution in [2.45, 2.75) is 70.6 Å². The number of amides is 1. The molecule has 0 aromatic heterocycles. The summed E-state index contributed by atoms with van der Waals surface area (Å²) >= 11 is 0. The van der Waals surface area contributed by atoms with E-state index in [4.69, 9.17) is 5.11 Å². The summed E-state index contributed by atoms with van der Waals surface area (Å²) < 4.78 is 0. The number of hydrogen-bond donors (Lipinski definition) is 1. The summed E-state index contributed by atoms with van der Waals surface area (Å²) in [4.78, 5) is 25.6. The van der Waals surface area contributed by atoms with Crippen molar-refractivity contribution < 1.29 is 14.7 Å². The minimum absolute atomic E-state index is 0.159. The van der Waals surface area contributed by atoms with Crippen LogP contribution in [0.25, 0.3) is 0 Å². The molecular formula is C16H27NO3. The maximum absolute atomic E-state index is 12.5. The number of likely N-dealkylation sites (tertiary alicyclic amines) is 1. The number of carboxylic acid groups (broad SMARTS) is 1. The lowest BCUT2D eigenvalue weighted by atomic mass is 9.79. The number of carbonyl (C=O) groups is 2. The third-order valence-corrected chi connectivity index (χ3v) is 4.93. The molecule has 0 aromatic rings. The summed E-state index contributed by atoms with van der Waals surface area (Å²) in [6.07, 6.45) is 10.4. The fraction of sp³-hybridized carbons (Fsp3) is 0.875. The molecule has 1 aliphatic carbocycles. The Kier molecular flexibility index (Phi) is 5.44. The molecule has 0 bridgehead atoms. The van der Waals surface area contributed by atoms with Gasteiger partial charge in [0.05, 0.1) is 6.42 Å². The van der Waals surface area contributed by atoms with E-state index in [1.807, 2.05) is 4.90 Å². The second-order valence-electron chi connectivity index (χ2n) is 6.60. The van der Waals surface area contributed by atoms with Gasteiger partial charge in [0.15, 0.2) is 0 Å². The number of rotatable bonds is 4. The molecule has 2 rings (SSSR count). The minimum atomic E-state index is -0.757. The maximum atomic E-state index is 12.5. The van der Waals surface area contributed by atoms with Gasteiger partial charge in [0.2, 0.25) is 5.91 Å². The third kappa shape index (κ3) is 4.22. The van der Waals surface area contributed by atoms with E-state index in [-0.39, 0.29) is 17.7 Å². The van der Waals surface area contributed by atoms with Crippen LogP contribution in [0.4, 0.5) is 0 Å². The molecule has 1 heterocycles. The van der Waals surface area contributed by atoms with Crippen LogP contribution < -0.4 is 0 Å². The van der Waals surface area contributed by atoms with Crippen molar-refractivity contribution in [1.82, 2.24) is 4.90 Å². The van der Waals surface area contributed by atoms with E-state index >= 15 is 0 Å². The van der Waals surface area contributed by atoms with E-state index in [1.165, 1.54) is 19.3 Å². The van der Waals surface area contributed by atoms with Gasteiger partial charge in [-0.15, -0.1) is 0 Å². The van der Waals surface area contributed by atoms with Crippen molar-refractivity contribution in [2.75, 3.05) is 13.1 Å². The summed E-state index contributed by atoms with van der Waals surface area (Å²) in [7, 11) is 0. The largest absolute Gasteiger partial charge is 0.481 e. The predicted octanol–water partition coefficient (Wildman–Crippen LogP) is 3.20. The number of nitrogens with zero attached hydrogens (tertiary/aromatic N) is 1. The SMILES string of the molecule is O=C(O)CC1(CC(=O)N2CCCCCCC2)CCCC1. The molecule has 1 amide bonds. The van der Waals surface area contributed by atoms with Gasteiger partial charge in [-0.3, -0.25) is 9.59 Å². The zero-order valence-electron chi connectivity index (χ0n) is 12.4. The molecule has 114 valence electrons. The molecule has 2 fully saturated rings. The molecule has 2 aliphatic rings. The van der Waals surface area contributed by atoms with E-state index in [0.717, 1.165) is 51.6 Å². The Morgan fingerprint density at radius 3 is 1.95 bits per heavy atom. The highest BCUT2D eigenvalue weighted by Gasteiger charge is 2.38. The third-order valence-electron chi connectivity index (χ3n) is 4.93. The molecule has 1 aliphatic heterocycles. The van der Waals surface area contributed by atoms with E-state index in [1.54, 1.807) is 0 Å². The van der Waals surface area contributed by atoms with Crippen molar-refractivity contribution in [3.63, 3.8) is 0 Å². The number of carbonyl (C=O) groups excluding carboxylic acids is 1. The van der Waals surface area contributed by atoms with Crippen LogP contribution in [0.1, 0.15) is 70.6 Å². The first-order valence-corrected chi connectivity index (χ1v) is 8.11. The molecule has 20 heavy (non-hydrogen) atoms. The molecule has 0 unspecified atom stereocenters. The average Bonchev–Trinajstić information content (AvgIpc) is 2.75. The Labute approximate surface area is 121 Å². The van der Waals surface area contributed by atoms with Crippen molar-refractivity contribution >= 4 is 11.9 Å². The van der Waals surface area contributed by atoms with E-state index in [9.17, 15) is 9.59 Å². The zero-order valence-corrected chi connectivity index (χ0v) is 12.4. The van der Waals surface area contributed by atoms with Crippen molar-refractivity contribution in [2.24, 2.45) is 5.41 Å². The summed E-state index contributed by atoms with van der Waals surface area (Å²) in [6.45, 7) is 1.73. The zero-order chi connectivity index (χ0) is 14.4. The Bertz CT molecular complexity index is 340. The minimum Gasteiger partial charge on any atom is -0.481 e. The first kappa shape index (κ1) is 15.3. The topological polar surface area (TPSA) is 57.6 Å². The molecular weight excluding hydrogens is 254 g/mol. The molecule has 1 N–H and O–H groups in total. The van der Waals surface area contributed by atoms with Crippen LogP contribution in [0.5, 0.6) is 0 Å². The molecule has 0 atom stereocenters. The Morgan fingerprint density at radius 1 is 0.850 bits per heavy atom. The van der Waals surface area contributed by atoms with E-state index in [2.05, 4.69) is 0 Å². The number of aliphatic carboxylic acids is 1. The van der Waals surface area contributed by atoms with Gasteiger partial charge in [-0.2, -0.15) is 0 Å². The first-order chi connectivity index (χ1) is 9.61. The highest BCUT2D eigenvalue weighted by molar-refractivity contribution is 5.78. The molecule has 0 spiro atoms. The standard InChI is InChI=1S/C16H27NO3/c18-14(17-10-6-2-1-3-7-11-17)12-16(13-15(19)20)8-4-5-9-16/h1-13H2,(H,19,20). The van der Waals surface area contributed by atoms with E-state index in [0.29, 0.717) is 6.42 Å². The number of carboxylic acids is 1. The highest BCUT2D eigenvalue weighted by Crippen LogP contribution is 2.44. The molecule has 0 radical (unpaired) electrons. The van der Waals surface area contributed by atoms with Gasteiger partial charge in [0, 0.05) is 19.5 Å². The van der Waals surface area contributed by atoms with Crippen LogP contribution in [0, 0.1) is 5.41 Å². The molecule has 0 aromatic carbocycles. The van der Waals surface area contributed by atoms with Gasteiger partial charge in [-0.05, 0) is 31.1 Å². The second kappa shape index (κ2) is 7.09. The van der Waals surface area contributed by atoms with Gasteiger partial charge in [0.25, 0.3) is 0 Å². The fourth-order valence-electron chi connectivity index (χ4n) is 3.79. The lowest BCUT2D eigenvalue weighted by Gasteiger charge is -2.31. The molecule has 4 nitrogen and oxygen atoms in total. The van der Waals surface area contributed by atoms with Gasteiger partial charge >= 0.3 is 5.97 Å². The number of hydrogen-bond acceptors (Lipinski definition) is 2.